The lowest BCUT2D eigenvalue weighted by Gasteiger charge is -2.35. The molecule has 0 aliphatic carbocycles. The van der Waals surface area contributed by atoms with Crippen molar-refractivity contribution >= 4 is 21.6 Å². The lowest BCUT2D eigenvalue weighted by molar-refractivity contribution is -0.925. The van der Waals surface area contributed by atoms with Crippen molar-refractivity contribution in [1.82, 2.24) is 0 Å². The van der Waals surface area contributed by atoms with Crippen LogP contribution in [-0.4, -0.2) is 33.5 Å². The van der Waals surface area contributed by atoms with E-state index in [1.807, 2.05) is 6.92 Å². The highest BCUT2D eigenvalue weighted by atomic mass is 32.2. The van der Waals surface area contributed by atoms with E-state index in [0.717, 1.165) is 13.1 Å². The molecule has 1 amide bonds. The number of piperidine rings is 1. The van der Waals surface area contributed by atoms with Crippen molar-refractivity contribution in [1.29, 1.82) is 0 Å². The molecule has 4 N–H and O–H groups in total. The van der Waals surface area contributed by atoms with Gasteiger partial charge in [0.1, 0.15) is 0 Å². The number of amides is 1. The Morgan fingerprint density at radius 2 is 1.91 bits per heavy atom. The van der Waals surface area contributed by atoms with Crippen LogP contribution in [0.1, 0.15) is 27.2 Å². The third-order valence-electron chi connectivity index (χ3n) is 4.46. The Kier molecular flexibility index (Phi) is 5.44. The first-order valence-electron chi connectivity index (χ1n) is 7.95. The summed E-state index contributed by atoms with van der Waals surface area (Å²) in [6, 6.07) is 5.84. The number of rotatable bonds is 4. The first kappa shape index (κ1) is 17.9. The van der Waals surface area contributed by atoms with Crippen LogP contribution in [0.25, 0.3) is 0 Å². The van der Waals surface area contributed by atoms with Gasteiger partial charge in [0, 0.05) is 17.5 Å². The maximum atomic E-state index is 12.5. The summed E-state index contributed by atoms with van der Waals surface area (Å²) < 4.78 is 22.8. The molecule has 1 aromatic carbocycles. The van der Waals surface area contributed by atoms with Gasteiger partial charge in [-0.2, -0.15) is 0 Å². The molecule has 0 unspecified atom stereocenters. The number of hydrogen-bond acceptors (Lipinski definition) is 3. The molecule has 0 spiro atoms. The predicted octanol–water partition coefficient (Wildman–Crippen LogP) is 0.222. The molecular formula is C16H26N3O3S+. The van der Waals surface area contributed by atoms with Gasteiger partial charge in [0.05, 0.1) is 18.0 Å². The van der Waals surface area contributed by atoms with Crippen LogP contribution in [0.4, 0.5) is 5.69 Å². The van der Waals surface area contributed by atoms with Gasteiger partial charge in [-0.1, -0.05) is 19.9 Å². The van der Waals surface area contributed by atoms with Crippen molar-refractivity contribution in [2.24, 2.45) is 17.0 Å². The van der Waals surface area contributed by atoms with E-state index in [2.05, 4.69) is 19.2 Å². The van der Waals surface area contributed by atoms with Gasteiger partial charge in [0.25, 0.3) is 5.91 Å². The van der Waals surface area contributed by atoms with Crippen molar-refractivity contribution in [2.45, 2.75) is 38.1 Å². The first-order chi connectivity index (χ1) is 10.7. The van der Waals surface area contributed by atoms with Crippen LogP contribution < -0.4 is 15.4 Å². The molecule has 0 bridgehead atoms. The van der Waals surface area contributed by atoms with Gasteiger partial charge in [-0.25, -0.2) is 13.6 Å². The van der Waals surface area contributed by atoms with Crippen LogP contribution in [-0.2, 0) is 14.8 Å². The van der Waals surface area contributed by atoms with Crippen LogP contribution in [0.15, 0.2) is 29.2 Å². The summed E-state index contributed by atoms with van der Waals surface area (Å²) in [5.41, 5.74) is 0.450. The van der Waals surface area contributed by atoms with E-state index in [4.69, 9.17) is 5.14 Å². The summed E-state index contributed by atoms with van der Waals surface area (Å²) in [6.07, 6.45) is 1.20. The minimum Gasteiger partial charge on any atom is -0.324 e. The predicted molar refractivity (Wildman–Crippen MR) is 89.5 cm³/mol. The number of primary sulfonamides is 1. The second-order valence-corrected chi connectivity index (χ2v) is 8.36. The Morgan fingerprint density at radius 1 is 1.30 bits per heavy atom. The second kappa shape index (κ2) is 6.98. The molecule has 128 valence electrons. The fourth-order valence-corrected chi connectivity index (χ4v) is 3.93. The lowest BCUT2D eigenvalue weighted by Crippen LogP contribution is -3.18. The van der Waals surface area contributed by atoms with E-state index < -0.39 is 10.0 Å². The molecule has 1 aliphatic heterocycles. The zero-order chi connectivity index (χ0) is 17.2. The van der Waals surface area contributed by atoms with Crippen molar-refractivity contribution in [3.05, 3.63) is 24.3 Å². The summed E-state index contributed by atoms with van der Waals surface area (Å²) in [4.78, 5) is 13.7. The number of carbonyl (C=O) groups is 1. The quantitative estimate of drug-likeness (QED) is 0.732. The van der Waals surface area contributed by atoms with Gasteiger partial charge >= 0.3 is 0 Å². The minimum atomic E-state index is -3.77. The zero-order valence-electron chi connectivity index (χ0n) is 13.9. The number of hydrogen-bond donors (Lipinski definition) is 3. The van der Waals surface area contributed by atoms with Crippen LogP contribution in [0.3, 0.4) is 0 Å². The molecule has 23 heavy (non-hydrogen) atoms. The Labute approximate surface area is 138 Å². The summed E-state index contributed by atoms with van der Waals surface area (Å²) in [7, 11) is -3.77. The molecule has 3 atom stereocenters. The molecule has 1 aliphatic rings. The number of nitrogens with one attached hydrogen (secondary N) is 2. The van der Waals surface area contributed by atoms with Crippen LogP contribution in [0, 0.1) is 11.8 Å². The number of anilines is 1. The molecule has 7 heteroatoms. The Hall–Kier alpha value is -1.44. The van der Waals surface area contributed by atoms with E-state index in [1.54, 1.807) is 12.1 Å². The van der Waals surface area contributed by atoms with Crippen LogP contribution in [0.2, 0.25) is 0 Å². The Morgan fingerprint density at radius 3 is 2.48 bits per heavy atom. The molecule has 0 aromatic heterocycles. The van der Waals surface area contributed by atoms with Gasteiger partial charge in [0.2, 0.25) is 10.0 Å². The topological polar surface area (TPSA) is 93.7 Å². The SMILES string of the molecule is C[C@@H]1C[C@@H](C)C[NH+]([C@@H](C)C(=O)Nc2cccc(S(N)(=O)=O)c2)C1. The largest absolute Gasteiger partial charge is 0.324 e. The van der Waals surface area contributed by atoms with E-state index in [1.165, 1.54) is 23.5 Å². The smallest absolute Gasteiger partial charge is 0.282 e. The van der Waals surface area contributed by atoms with Crippen LogP contribution in [0.5, 0.6) is 0 Å². The molecular weight excluding hydrogens is 314 g/mol. The fraction of sp³-hybridized carbons (Fsp3) is 0.562. The molecule has 1 fully saturated rings. The minimum absolute atomic E-state index is 0.00415. The maximum Gasteiger partial charge on any atom is 0.282 e. The number of carbonyl (C=O) groups excluding carboxylic acids is 1. The van der Waals surface area contributed by atoms with E-state index in [9.17, 15) is 13.2 Å². The Bertz CT molecular complexity index is 665. The average molecular weight is 340 g/mol. The molecule has 0 saturated carbocycles. The molecule has 2 rings (SSSR count). The van der Waals surface area contributed by atoms with Gasteiger partial charge in [-0.3, -0.25) is 4.79 Å². The monoisotopic (exact) mass is 340 g/mol. The molecule has 1 saturated heterocycles. The molecule has 1 aromatic rings. The van der Waals surface area contributed by atoms with E-state index in [-0.39, 0.29) is 16.8 Å². The average Bonchev–Trinajstić information content (AvgIpc) is 2.44. The summed E-state index contributed by atoms with van der Waals surface area (Å²) in [5.74, 6) is 1.11. The van der Waals surface area contributed by atoms with Gasteiger partial charge < -0.3 is 10.2 Å². The van der Waals surface area contributed by atoms with E-state index >= 15 is 0 Å². The van der Waals surface area contributed by atoms with Crippen molar-refractivity contribution in [2.75, 3.05) is 18.4 Å². The van der Waals surface area contributed by atoms with Crippen molar-refractivity contribution in [3.8, 4) is 0 Å². The first-order valence-corrected chi connectivity index (χ1v) is 9.49. The molecule has 1 heterocycles. The Balaban J connectivity index is 2.07. The number of quaternary nitrogens is 1. The summed E-state index contributed by atoms with van der Waals surface area (Å²) in [5, 5.41) is 7.92. The zero-order valence-corrected chi connectivity index (χ0v) is 14.7. The highest BCUT2D eigenvalue weighted by Gasteiger charge is 2.32. The highest BCUT2D eigenvalue weighted by Crippen LogP contribution is 2.15. The fourth-order valence-electron chi connectivity index (χ4n) is 3.37. The van der Waals surface area contributed by atoms with Gasteiger partial charge in [0.15, 0.2) is 6.04 Å². The summed E-state index contributed by atoms with van der Waals surface area (Å²) >= 11 is 0. The third kappa shape index (κ3) is 4.76. The number of likely N-dealkylation sites (tertiary alicyclic amines) is 1. The van der Waals surface area contributed by atoms with E-state index in [0.29, 0.717) is 17.5 Å². The molecule has 0 radical (unpaired) electrons. The standard InChI is InChI=1S/C16H25N3O3S/c1-11-7-12(2)10-19(9-11)13(3)16(20)18-14-5-4-6-15(8-14)23(17,21)22/h4-6,8,11-13H,7,9-10H2,1-3H3,(H,18,20)(H2,17,21,22)/p+1/t11-,12-,13+/m1/s1. The highest BCUT2D eigenvalue weighted by molar-refractivity contribution is 7.89. The molecule has 6 nitrogen and oxygen atoms in total. The number of nitrogens with two attached hydrogens (primary N) is 1. The summed E-state index contributed by atoms with van der Waals surface area (Å²) in [6.45, 7) is 8.32. The van der Waals surface area contributed by atoms with Gasteiger partial charge in [-0.05, 0) is 31.5 Å². The number of sulfonamides is 1. The lowest BCUT2D eigenvalue weighted by atomic mass is 9.91. The number of benzene rings is 1. The van der Waals surface area contributed by atoms with Crippen molar-refractivity contribution < 1.29 is 18.1 Å². The van der Waals surface area contributed by atoms with Crippen molar-refractivity contribution in [3.63, 3.8) is 0 Å². The third-order valence-corrected chi connectivity index (χ3v) is 5.37. The van der Waals surface area contributed by atoms with Gasteiger partial charge in [-0.15, -0.1) is 0 Å². The maximum absolute atomic E-state index is 12.5. The van der Waals surface area contributed by atoms with Crippen LogP contribution >= 0.6 is 0 Å². The second-order valence-electron chi connectivity index (χ2n) is 6.80. The normalized spacial score (nSPS) is 26.5.